The molecule has 27 heavy (non-hydrogen) atoms. The van der Waals surface area contributed by atoms with E-state index in [4.69, 9.17) is 0 Å². The molecule has 0 fully saturated rings. The lowest BCUT2D eigenvalue weighted by Gasteiger charge is -2.21. The number of hydrogen-bond donors (Lipinski definition) is 1. The average molecular weight is 367 g/mol. The van der Waals surface area contributed by atoms with Crippen molar-refractivity contribution in [3.8, 4) is 5.69 Å². The zero-order valence-electron chi connectivity index (χ0n) is 16.1. The quantitative estimate of drug-likeness (QED) is 0.726. The molecule has 8 nitrogen and oxygen atoms in total. The molecule has 0 aliphatic carbocycles. The van der Waals surface area contributed by atoms with Crippen LogP contribution in [0.3, 0.4) is 0 Å². The van der Waals surface area contributed by atoms with Gasteiger partial charge in [-0.15, -0.1) is 0 Å². The number of nitrogens with one attached hydrogen (secondary N) is 1. The number of carbonyl (C=O) groups is 1. The van der Waals surface area contributed by atoms with Crippen molar-refractivity contribution in [1.29, 1.82) is 0 Å². The molecule has 8 heteroatoms. The summed E-state index contributed by atoms with van der Waals surface area (Å²) in [6, 6.07) is 7.94. The molecule has 3 aromatic rings. The molecule has 0 aliphatic heterocycles. The average Bonchev–Trinajstić information content (AvgIpc) is 3.33. The summed E-state index contributed by atoms with van der Waals surface area (Å²) in [6.07, 6.45) is 6.92. The van der Waals surface area contributed by atoms with Gasteiger partial charge in [0.1, 0.15) is 12.7 Å². The molecule has 1 aromatic carbocycles. The van der Waals surface area contributed by atoms with Crippen LogP contribution in [0.4, 0.5) is 4.79 Å². The second kappa shape index (κ2) is 8.03. The summed E-state index contributed by atoms with van der Waals surface area (Å²) < 4.78 is 3.58. The fraction of sp³-hybridized carbons (Fsp3) is 0.368. The first-order chi connectivity index (χ1) is 12.9. The Kier molecular flexibility index (Phi) is 5.54. The third-order valence-corrected chi connectivity index (χ3v) is 4.37. The van der Waals surface area contributed by atoms with E-state index in [9.17, 15) is 4.79 Å². The van der Waals surface area contributed by atoms with Gasteiger partial charge in [0.15, 0.2) is 0 Å². The number of rotatable bonds is 6. The molecule has 0 unspecified atom stereocenters. The molecular weight excluding hydrogens is 342 g/mol. The molecule has 0 bridgehead atoms. The monoisotopic (exact) mass is 367 g/mol. The molecule has 1 atom stereocenters. The van der Waals surface area contributed by atoms with Crippen LogP contribution < -0.4 is 5.32 Å². The molecular formula is C19H25N7O. The van der Waals surface area contributed by atoms with Crippen molar-refractivity contribution in [2.45, 2.75) is 39.4 Å². The highest BCUT2D eigenvalue weighted by Gasteiger charge is 2.15. The van der Waals surface area contributed by atoms with E-state index in [1.54, 1.807) is 29.2 Å². The second-order valence-electron chi connectivity index (χ2n) is 6.88. The summed E-state index contributed by atoms with van der Waals surface area (Å²) in [5, 5.41) is 11.4. The smallest absolute Gasteiger partial charge is 0.317 e. The molecule has 142 valence electrons. The molecule has 0 spiro atoms. The lowest BCUT2D eigenvalue weighted by atomic mass is 10.1. The van der Waals surface area contributed by atoms with Crippen molar-refractivity contribution in [2.75, 3.05) is 7.05 Å². The van der Waals surface area contributed by atoms with Gasteiger partial charge in [0.05, 0.1) is 24.5 Å². The number of amides is 2. The zero-order chi connectivity index (χ0) is 19.4. The van der Waals surface area contributed by atoms with Crippen molar-refractivity contribution in [1.82, 2.24) is 34.8 Å². The Labute approximate surface area is 158 Å². The van der Waals surface area contributed by atoms with Crippen LogP contribution in [0.15, 0.2) is 49.3 Å². The number of carbonyl (C=O) groups excluding carboxylic acids is 1. The zero-order valence-corrected chi connectivity index (χ0v) is 16.1. The number of benzene rings is 1. The van der Waals surface area contributed by atoms with Crippen molar-refractivity contribution < 1.29 is 4.79 Å². The SMILES string of the molecule is CC(C)n1cc(CN(C)C(=O)N[C@@H](C)c2ccc(-n3cncn3)cc2)cn1. The van der Waals surface area contributed by atoms with Crippen molar-refractivity contribution in [3.63, 3.8) is 0 Å². The summed E-state index contributed by atoms with van der Waals surface area (Å²) in [4.78, 5) is 18.1. The predicted octanol–water partition coefficient (Wildman–Crippen LogP) is 2.95. The first-order valence-corrected chi connectivity index (χ1v) is 8.93. The molecule has 0 saturated heterocycles. The van der Waals surface area contributed by atoms with Gasteiger partial charge in [-0.3, -0.25) is 4.68 Å². The Balaban J connectivity index is 1.57. The summed E-state index contributed by atoms with van der Waals surface area (Å²) in [6.45, 7) is 6.62. The van der Waals surface area contributed by atoms with Crippen LogP contribution in [-0.2, 0) is 6.54 Å². The normalized spacial score (nSPS) is 12.2. The van der Waals surface area contributed by atoms with Crippen LogP contribution >= 0.6 is 0 Å². The van der Waals surface area contributed by atoms with E-state index >= 15 is 0 Å². The molecule has 2 aromatic heterocycles. The van der Waals surface area contributed by atoms with Gasteiger partial charge in [-0.1, -0.05) is 12.1 Å². The van der Waals surface area contributed by atoms with Gasteiger partial charge in [-0.2, -0.15) is 10.2 Å². The van der Waals surface area contributed by atoms with Gasteiger partial charge in [0, 0.05) is 24.8 Å². The van der Waals surface area contributed by atoms with Crippen LogP contribution in [0.25, 0.3) is 5.69 Å². The van der Waals surface area contributed by atoms with E-state index in [0.29, 0.717) is 12.6 Å². The topological polar surface area (TPSA) is 80.9 Å². The van der Waals surface area contributed by atoms with Crippen LogP contribution in [0.2, 0.25) is 0 Å². The highest BCUT2D eigenvalue weighted by Crippen LogP contribution is 2.16. The van der Waals surface area contributed by atoms with Crippen LogP contribution in [0, 0.1) is 0 Å². The number of nitrogens with zero attached hydrogens (tertiary/aromatic N) is 6. The first-order valence-electron chi connectivity index (χ1n) is 8.93. The molecule has 1 N–H and O–H groups in total. The number of urea groups is 1. The van der Waals surface area contributed by atoms with Gasteiger partial charge in [-0.25, -0.2) is 14.5 Å². The van der Waals surface area contributed by atoms with Crippen LogP contribution in [-0.4, -0.2) is 42.5 Å². The minimum Gasteiger partial charge on any atom is -0.331 e. The van der Waals surface area contributed by atoms with E-state index < -0.39 is 0 Å². The van der Waals surface area contributed by atoms with Gasteiger partial charge in [0.2, 0.25) is 0 Å². The fourth-order valence-electron chi connectivity index (χ4n) is 2.72. The minimum atomic E-state index is -0.125. The Hall–Kier alpha value is -3.16. The lowest BCUT2D eigenvalue weighted by Crippen LogP contribution is -2.38. The summed E-state index contributed by atoms with van der Waals surface area (Å²) in [7, 11) is 1.78. The molecule has 0 saturated carbocycles. The minimum absolute atomic E-state index is 0.108. The van der Waals surface area contributed by atoms with E-state index in [-0.39, 0.29) is 12.1 Å². The Morgan fingerprint density at radius 3 is 2.52 bits per heavy atom. The maximum atomic E-state index is 12.5. The highest BCUT2D eigenvalue weighted by atomic mass is 16.2. The summed E-state index contributed by atoms with van der Waals surface area (Å²) in [5.74, 6) is 0. The van der Waals surface area contributed by atoms with Gasteiger partial charge < -0.3 is 10.2 Å². The molecule has 2 heterocycles. The number of hydrogen-bond acceptors (Lipinski definition) is 4. The first kappa shape index (κ1) is 18.6. The maximum Gasteiger partial charge on any atom is 0.317 e. The molecule has 3 rings (SSSR count). The van der Waals surface area contributed by atoms with E-state index in [0.717, 1.165) is 16.8 Å². The summed E-state index contributed by atoms with van der Waals surface area (Å²) >= 11 is 0. The Morgan fingerprint density at radius 2 is 1.93 bits per heavy atom. The third-order valence-electron chi connectivity index (χ3n) is 4.37. The van der Waals surface area contributed by atoms with Crippen molar-refractivity contribution in [2.24, 2.45) is 0 Å². The second-order valence-corrected chi connectivity index (χ2v) is 6.88. The fourth-order valence-corrected chi connectivity index (χ4v) is 2.72. The maximum absolute atomic E-state index is 12.5. The summed E-state index contributed by atoms with van der Waals surface area (Å²) in [5.41, 5.74) is 2.95. The van der Waals surface area contributed by atoms with Gasteiger partial charge >= 0.3 is 6.03 Å². The lowest BCUT2D eigenvalue weighted by molar-refractivity contribution is 0.203. The van der Waals surface area contributed by atoms with E-state index in [1.165, 1.54) is 6.33 Å². The predicted molar refractivity (Wildman–Crippen MR) is 102 cm³/mol. The largest absolute Gasteiger partial charge is 0.331 e. The van der Waals surface area contributed by atoms with Crippen molar-refractivity contribution >= 4 is 6.03 Å². The van der Waals surface area contributed by atoms with E-state index in [2.05, 4.69) is 34.3 Å². The Bertz CT molecular complexity index is 868. The van der Waals surface area contributed by atoms with Crippen molar-refractivity contribution in [3.05, 3.63) is 60.4 Å². The number of aromatic nitrogens is 5. The van der Waals surface area contributed by atoms with Crippen LogP contribution in [0.1, 0.15) is 44.0 Å². The standard InChI is InChI=1S/C19H25N7O/c1-14(2)25-11-16(9-21-25)10-24(4)19(27)23-15(3)17-5-7-18(8-6-17)26-13-20-12-22-26/h5-9,11-15H,10H2,1-4H3,(H,23,27)/t15-/m0/s1. The molecule has 0 radical (unpaired) electrons. The van der Waals surface area contributed by atoms with Crippen LogP contribution in [0.5, 0.6) is 0 Å². The molecule has 2 amide bonds. The van der Waals surface area contributed by atoms with Gasteiger partial charge in [-0.05, 0) is 38.5 Å². The van der Waals surface area contributed by atoms with Gasteiger partial charge in [0.25, 0.3) is 0 Å². The van der Waals surface area contributed by atoms with E-state index in [1.807, 2.05) is 42.1 Å². The molecule has 0 aliphatic rings. The highest BCUT2D eigenvalue weighted by molar-refractivity contribution is 5.74. The third kappa shape index (κ3) is 4.52. The Morgan fingerprint density at radius 1 is 1.19 bits per heavy atom.